The molecule has 0 spiro atoms. The summed E-state index contributed by atoms with van der Waals surface area (Å²) in [6.07, 6.45) is 0. The van der Waals surface area contributed by atoms with E-state index in [1.165, 1.54) is 0 Å². The Morgan fingerprint density at radius 1 is 1.14 bits per heavy atom. The molecule has 0 aromatic heterocycles. The van der Waals surface area contributed by atoms with Crippen LogP contribution in [0.1, 0.15) is 0 Å². The standard InChI is InChI=1S/C2H2O3.Ca.Mg.4H/c3-1-5-2-4;;;;;;/h1-2H;;;;;;. The van der Waals surface area contributed by atoms with Crippen LogP contribution >= 0.6 is 0 Å². The molecule has 0 aliphatic carbocycles. The molecule has 36 valence electrons. The molecule has 0 saturated heterocycles. The van der Waals surface area contributed by atoms with Gasteiger partial charge in [-0.1, -0.05) is 0 Å². The van der Waals surface area contributed by atoms with Gasteiger partial charge in [-0.15, -0.1) is 0 Å². The first-order valence-corrected chi connectivity index (χ1v) is 0.943. The molecule has 0 amide bonds. The second kappa shape index (κ2) is 15.7. The van der Waals surface area contributed by atoms with Gasteiger partial charge in [0.05, 0.1) is 0 Å². The summed E-state index contributed by atoms with van der Waals surface area (Å²) in [4.78, 5) is 17.9. The molecule has 5 heteroatoms. The molecular formula is C2H6CaMgO3. The molecule has 0 N–H and O–H groups in total. The van der Waals surface area contributed by atoms with Crippen molar-refractivity contribution in [2.24, 2.45) is 0 Å². The topological polar surface area (TPSA) is 43.4 Å². The second-order valence-corrected chi connectivity index (χ2v) is 0.329. The number of hydrogen-bond donors (Lipinski definition) is 0. The summed E-state index contributed by atoms with van der Waals surface area (Å²) in [5, 5.41) is 0. The predicted octanol–water partition coefficient (Wildman–Crippen LogP) is -2.52. The second-order valence-electron chi connectivity index (χ2n) is 0.329. The summed E-state index contributed by atoms with van der Waals surface area (Å²) in [5.41, 5.74) is 0. The third-order valence-corrected chi connectivity index (χ3v) is 0.111. The van der Waals surface area contributed by atoms with Gasteiger partial charge in [-0.3, -0.25) is 9.59 Å². The zero-order chi connectivity index (χ0) is 4.12. The molecule has 0 rings (SSSR count). The monoisotopic (exact) mass is 142 g/mol. The largest absolute Gasteiger partial charge is 0.316 e. The molecule has 0 radical (unpaired) electrons. The summed E-state index contributed by atoms with van der Waals surface area (Å²) in [7, 11) is 0. The Hall–Kier alpha value is 1.17. The molecule has 0 aromatic rings. The van der Waals surface area contributed by atoms with Gasteiger partial charge in [-0.05, 0) is 0 Å². The van der Waals surface area contributed by atoms with Gasteiger partial charge in [0.2, 0.25) is 0 Å². The van der Waals surface area contributed by atoms with Crippen LogP contribution in [0.25, 0.3) is 0 Å². The van der Waals surface area contributed by atoms with Crippen LogP contribution in [0.5, 0.6) is 0 Å². The van der Waals surface area contributed by atoms with E-state index in [9.17, 15) is 0 Å². The Morgan fingerprint density at radius 2 is 1.43 bits per heavy atom. The average Bonchev–Trinajstić information content (AvgIpc) is 1.41. The molecular weight excluding hydrogens is 136 g/mol. The van der Waals surface area contributed by atoms with Crippen molar-refractivity contribution in [3.8, 4) is 0 Å². The Labute approximate surface area is 86.9 Å². The predicted molar refractivity (Wildman–Crippen MR) is 30.3 cm³/mol. The van der Waals surface area contributed by atoms with Crippen LogP contribution < -0.4 is 0 Å². The van der Waals surface area contributed by atoms with Crippen LogP contribution in [-0.4, -0.2) is 73.7 Å². The van der Waals surface area contributed by atoms with Gasteiger partial charge in [0.15, 0.2) is 0 Å². The van der Waals surface area contributed by atoms with Crippen molar-refractivity contribution in [1.29, 1.82) is 0 Å². The molecule has 0 unspecified atom stereocenters. The van der Waals surface area contributed by atoms with Gasteiger partial charge >= 0.3 is 73.7 Å². The van der Waals surface area contributed by atoms with Crippen molar-refractivity contribution in [2.45, 2.75) is 0 Å². The molecule has 0 atom stereocenters. The Kier molecular flexibility index (Phi) is 35.2. The van der Waals surface area contributed by atoms with Gasteiger partial charge < -0.3 is 4.74 Å². The molecule has 0 bridgehead atoms. The van der Waals surface area contributed by atoms with Gasteiger partial charge in [-0.25, -0.2) is 0 Å². The molecule has 0 aromatic carbocycles. The fraction of sp³-hybridized carbons (Fsp3) is 0. The van der Waals surface area contributed by atoms with E-state index in [4.69, 9.17) is 9.59 Å². The van der Waals surface area contributed by atoms with Crippen LogP contribution in [-0.2, 0) is 14.3 Å². The zero-order valence-electron chi connectivity index (χ0n) is 2.38. The van der Waals surface area contributed by atoms with E-state index in [-0.39, 0.29) is 73.7 Å². The first-order valence-electron chi connectivity index (χ1n) is 0.943. The summed E-state index contributed by atoms with van der Waals surface area (Å²) < 4.78 is 3.47. The van der Waals surface area contributed by atoms with E-state index < -0.39 is 0 Å². The van der Waals surface area contributed by atoms with Crippen molar-refractivity contribution < 1.29 is 14.3 Å². The minimum Gasteiger partial charge on any atom is 0.316 e. The number of carbonyl (C=O) groups is 2. The normalized spacial score (nSPS) is 4.00. The van der Waals surface area contributed by atoms with Gasteiger partial charge in [0.25, 0.3) is 0 Å². The van der Waals surface area contributed by atoms with Crippen LogP contribution in [0.15, 0.2) is 0 Å². The van der Waals surface area contributed by atoms with Crippen molar-refractivity contribution in [2.75, 3.05) is 0 Å². The Morgan fingerprint density at radius 3 is 1.43 bits per heavy atom. The van der Waals surface area contributed by atoms with E-state index in [0.717, 1.165) is 0 Å². The number of rotatable bonds is 2. The fourth-order valence-corrected chi connectivity index (χ4v) is 0.0227. The molecule has 0 saturated carbocycles. The maximum atomic E-state index is 8.95. The minimum atomic E-state index is 0. The molecule has 0 aliphatic heterocycles. The maximum absolute atomic E-state index is 8.95. The van der Waals surface area contributed by atoms with E-state index in [0.29, 0.717) is 0 Å². The molecule has 3 nitrogen and oxygen atoms in total. The van der Waals surface area contributed by atoms with Crippen molar-refractivity contribution in [3.05, 3.63) is 0 Å². The molecule has 0 fully saturated rings. The minimum absolute atomic E-state index is 0. The quantitative estimate of drug-likeness (QED) is 0.243. The Balaban J connectivity index is -0.0000000800. The average molecular weight is 142 g/mol. The van der Waals surface area contributed by atoms with Crippen LogP contribution in [0.4, 0.5) is 0 Å². The SMILES string of the molecule is O=COC=O.[CaH2].[MgH2]. The van der Waals surface area contributed by atoms with Crippen LogP contribution in [0.3, 0.4) is 0 Å². The van der Waals surface area contributed by atoms with Gasteiger partial charge in [0, 0.05) is 0 Å². The Bertz CT molecular complexity index is 42.2. The third kappa shape index (κ3) is 19.1. The summed E-state index contributed by atoms with van der Waals surface area (Å²) >= 11 is 0. The number of carbonyl (C=O) groups excluding carboxylic acids is 2. The van der Waals surface area contributed by atoms with Crippen LogP contribution in [0.2, 0.25) is 0 Å². The van der Waals surface area contributed by atoms with Crippen LogP contribution in [0, 0.1) is 0 Å². The van der Waals surface area contributed by atoms with Gasteiger partial charge in [0.1, 0.15) is 0 Å². The van der Waals surface area contributed by atoms with E-state index in [2.05, 4.69) is 4.74 Å². The van der Waals surface area contributed by atoms with Crippen molar-refractivity contribution in [1.82, 2.24) is 0 Å². The molecule has 0 heterocycles. The van der Waals surface area contributed by atoms with Gasteiger partial charge in [-0.2, -0.15) is 0 Å². The summed E-state index contributed by atoms with van der Waals surface area (Å²) in [6.45, 7) is 0.125. The number of ether oxygens (including phenoxy) is 1. The first kappa shape index (κ1) is 15.7. The van der Waals surface area contributed by atoms with E-state index in [1.807, 2.05) is 0 Å². The van der Waals surface area contributed by atoms with Crippen molar-refractivity contribution in [3.63, 3.8) is 0 Å². The van der Waals surface area contributed by atoms with E-state index in [1.54, 1.807) is 0 Å². The smallest absolute Gasteiger partial charge is 0.316 e. The molecule has 7 heavy (non-hydrogen) atoms. The maximum Gasteiger partial charge on any atom is 0.316 e. The first-order chi connectivity index (χ1) is 2.41. The summed E-state index contributed by atoms with van der Waals surface area (Å²) in [5.74, 6) is 0. The van der Waals surface area contributed by atoms with Crippen molar-refractivity contribution >= 4 is 73.7 Å². The summed E-state index contributed by atoms with van der Waals surface area (Å²) in [6, 6.07) is 0. The molecule has 0 aliphatic rings. The third-order valence-electron chi connectivity index (χ3n) is 0.111. The zero-order valence-corrected chi connectivity index (χ0v) is 2.38. The fourth-order valence-electron chi connectivity index (χ4n) is 0.0227. The number of hydrogen-bond acceptors (Lipinski definition) is 3. The van der Waals surface area contributed by atoms with E-state index >= 15 is 0 Å².